The highest BCUT2D eigenvalue weighted by Gasteiger charge is 2.23. The van der Waals surface area contributed by atoms with Gasteiger partial charge in [-0.05, 0) is 46.5 Å². The van der Waals surface area contributed by atoms with Gasteiger partial charge in [0.05, 0.1) is 0 Å². The molecule has 0 aliphatic rings. The summed E-state index contributed by atoms with van der Waals surface area (Å²) in [5.41, 5.74) is 6.04. The summed E-state index contributed by atoms with van der Waals surface area (Å²) in [6, 6.07) is 0. The van der Waals surface area contributed by atoms with Crippen molar-refractivity contribution in [3.05, 3.63) is 0 Å². The van der Waals surface area contributed by atoms with Crippen LogP contribution in [0.1, 0.15) is 86.0 Å². The van der Waals surface area contributed by atoms with E-state index in [4.69, 9.17) is 10.5 Å². The van der Waals surface area contributed by atoms with Gasteiger partial charge in [0.25, 0.3) is 0 Å². The first-order valence-electron chi connectivity index (χ1n) is 8.48. The minimum atomic E-state index is -0.441. The minimum absolute atomic E-state index is 0.0678. The average Bonchev–Trinajstić information content (AvgIpc) is 2.37. The lowest BCUT2D eigenvalue weighted by molar-refractivity contribution is 0.0525. The van der Waals surface area contributed by atoms with E-state index >= 15 is 0 Å². The van der Waals surface area contributed by atoms with Gasteiger partial charge in [-0.15, -0.1) is 0 Å². The second-order valence-corrected chi connectivity index (χ2v) is 7.10. The van der Waals surface area contributed by atoms with Crippen LogP contribution >= 0.6 is 0 Å². The average molecular weight is 300 g/mol. The number of unbranched alkanes of at least 4 members (excludes halogenated alkanes) is 2. The largest absolute Gasteiger partial charge is 0.444 e. The van der Waals surface area contributed by atoms with E-state index in [2.05, 4.69) is 19.2 Å². The Bertz CT molecular complexity index is 277. The van der Waals surface area contributed by atoms with Crippen molar-refractivity contribution in [2.45, 2.75) is 97.1 Å². The van der Waals surface area contributed by atoms with Crippen molar-refractivity contribution in [2.24, 2.45) is 5.73 Å². The standard InChI is InChI=1S/C17H36N2O2/c1-6-8-11-17(18,12-9-7-2)13-10-14-19-15(20)21-16(3,4)5/h6-14,18H2,1-5H3,(H,19,20). The van der Waals surface area contributed by atoms with Gasteiger partial charge < -0.3 is 15.8 Å². The zero-order chi connectivity index (χ0) is 16.4. The van der Waals surface area contributed by atoms with Gasteiger partial charge in [-0.25, -0.2) is 4.79 Å². The van der Waals surface area contributed by atoms with Crippen LogP contribution in [0.5, 0.6) is 0 Å². The summed E-state index contributed by atoms with van der Waals surface area (Å²) in [5, 5.41) is 2.81. The third kappa shape index (κ3) is 11.6. The van der Waals surface area contributed by atoms with Crippen LogP contribution in [0.25, 0.3) is 0 Å². The van der Waals surface area contributed by atoms with E-state index in [0.717, 1.165) is 25.7 Å². The van der Waals surface area contributed by atoms with E-state index in [9.17, 15) is 4.79 Å². The fourth-order valence-corrected chi connectivity index (χ4v) is 2.38. The van der Waals surface area contributed by atoms with Crippen LogP contribution in [0.15, 0.2) is 0 Å². The molecule has 3 N–H and O–H groups in total. The lowest BCUT2D eigenvalue weighted by Crippen LogP contribution is -2.41. The highest BCUT2D eigenvalue weighted by Crippen LogP contribution is 2.23. The molecular weight excluding hydrogens is 264 g/mol. The Morgan fingerprint density at radius 1 is 1.00 bits per heavy atom. The first kappa shape index (κ1) is 20.2. The molecule has 0 saturated heterocycles. The van der Waals surface area contributed by atoms with Gasteiger partial charge in [-0.1, -0.05) is 39.5 Å². The molecule has 0 spiro atoms. The number of hydrogen-bond donors (Lipinski definition) is 2. The summed E-state index contributed by atoms with van der Waals surface area (Å²) in [6.45, 7) is 10.6. The monoisotopic (exact) mass is 300 g/mol. The smallest absolute Gasteiger partial charge is 0.407 e. The maximum absolute atomic E-state index is 11.6. The molecular formula is C17H36N2O2. The van der Waals surface area contributed by atoms with Gasteiger partial charge in [-0.3, -0.25) is 0 Å². The number of hydrogen-bond acceptors (Lipinski definition) is 3. The lowest BCUT2D eigenvalue weighted by atomic mass is 9.84. The molecule has 4 heteroatoms. The normalized spacial score (nSPS) is 12.3. The van der Waals surface area contributed by atoms with Crippen LogP contribution in [0.2, 0.25) is 0 Å². The lowest BCUT2D eigenvalue weighted by Gasteiger charge is -2.30. The van der Waals surface area contributed by atoms with Crippen LogP contribution < -0.4 is 11.1 Å². The summed E-state index contributed by atoms with van der Waals surface area (Å²) in [6.07, 6.45) is 8.41. The Hall–Kier alpha value is -0.770. The molecule has 126 valence electrons. The van der Waals surface area contributed by atoms with Crippen LogP contribution in [0.3, 0.4) is 0 Å². The Morgan fingerprint density at radius 2 is 1.48 bits per heavy atom. The van der Waals surface area contributed by atoms with Crippen molar-refractivity contribution in [2.75, 3.05) is 6.54 Å². The molecule has 0 aromatic heterocycles. The predicted molar refractivity (Wildman–Crippen MR) is 89.4 cm³/mol. The molecule has 0 saturated carbocycles. The first-order chi connectivity index (χ1) is 9.72. The second kappa shape index (κ2) is 10.0. The van der Waals surface area contributed by atoms with Crippen molar-refractivity contribution in [1.82, 2.24) is 5.32 Å². The summed E-state index contributed by atoms with van der Waals surface area (Å²) in [5.74, 6) is 0. The Kier molecular flexibility index (Phi) is 9.67. The second-order valence-electron chi connectivity index (χ2n) is 7.10. The van der Waals surface area contributed by atoms with Crippen molar-refractivity contribution >= 4 is 6.09 Å². The molecule has 0 rings (SSSR count). The molecule has 0 bridgehead atoms. The number of rotatable bonds is 10. The maximum atomic E-state index is 11.6. The fourth-order valence-electron chi connectivity index (χ4n) is 2.38. The highest BCUT2D eigenvalue weighted by molar-refractivity contribution is 5.67. The molecule has 21 heavy (non-hydrogen) atoms. The molecule has 0 fully saturated rings. The number of nitrogens with one attached hydrogen (secondary N) is 1. The van der Waals surface area contributed by atoms with Crippen LogP contribution in [0, 0.1) is 0 Å². The van der Waals surface area contributed by atoms with Gasteiger partial charge in [0.15, 0.2) is 0 Å². The van der Waals surface area contributed by atoms with Gasteiger partial charge in [0.1, 0.15) is 5.60 Å². The zero-order valence-electron chi connectivity index (χ0n) is 14.8. The van der Waals surface area contributed by atoms with Crippen LogP contribution in [-0.4, -0.2) is 23.8 Å². The zero-order valence-corrected chi connectivity index (χ0v) is 14.8. The number of alkyl carbamates (subject to hydrolysis) is 1. The summed E-state index contributed by atoms with van der Waals surface area (Å²) in [4.78, 5) is 11.6. The minimum Gasteiger partial charge on any atom is -0.444 e. The number of nitrogens with two attached hydrogens (primary N) is 1. The molecule has 0 aromatic carbocycles. The molecule has 0 heterocycles. The topological polar surface area (TPSA) is 64.3 Å². The molecule has 0 atom stereocenters. The van der Waals surface area contributed by atoms with Crippen molar-refractivity contribution in [1.29, 1.82) is 0 Å². The Labute approximate surface area is 131 Å². The summed E-state index contributed by atoms with van der Waals surface area (Å²) in [7, 11) is 0. The molecule has 0 unspecified atom stereocenters. The molecule has 0 aliphatic heterocycles. The number of carbonyl (C=O) groups is 1. The van der Waals surface area contributed by atoms with E-state index in [-0.39, 0.29) is 11.6 Å². The van der Waals surface area contributed by atoms with Crippen LogP contribution in [0.4, 0.5) is 4.79 Å². The summed E-state index contributed by atoms with van der Waals surface area (Å²) < 4.78 is 5.22. The molecule has 4 nitrogen and oxygen atoms in total. The van der Waals surface area contributed by atoms with E-state index < -0.39 is 5.60 Å². The van der Waals surface area contributed by atoms with Gasteiger partial charge in [0, 0.05) is 12.1 Å². The quantitative estimate of drug-likeness (QED) is 0.589. The Balaban J connectivity index is 4.04. The van der Waals surface area contributed by atoms with Crippen LogP contribution in [-0.2, 0) is 4.74 Å². The third-order valence-corrected chi connectivity index (χ3v) is 3.58. The maximum Gasteiger partial charge on any atom is 0.407 e. The SMILES string of the molecule is CCCCC(N)(CCCC)CCCNC(=O)OC(C)(C)C. The van der Waals surface area contributed by atoms with Crippen molar-refractivity contribution in [3.63, 3.8) is 0 Å². The summed E-state index contributed by atoms with van der Waals surface area (Å²) >= 11 is 0. The molecule has 0 radical (unpaired) electrons. The third-order valence-electron chi connectivity index (χ3n) is 3.58. The van der Waals surface area contributed by atoms with Crippen molar-refractivity contribution < 1.29 is 9.53 Å². The predicted octanol–water partition coefficient (Wildman–Crippen LogP) is 4.37. The fraction of sp³-hybridized carbons (Fsp3) is 0.941. The van der Waals surface area contributed by atoms with E-state index in [0.29, 0.717) is 6.54 Å². The van der Waals surface area contributed by atoms with E-state index in [1.807, 2.05) is 20.8 Å². The van der Waals surface area contributed by atoms with E-state index in [1.54, 1.807) is 0 Å². The van der Waals surface area contributed by atoms with Crippen molar-refractivity contribution in [3.8, 4) is 0 Å². The molecule has 1 amide bonds. The number of amides is 1. The van der Waals surface area contributed by atoms with E-state index in [1.165, 1.54) is 25.7 Å². The van der Waals surface area contributed by atoms with Gasteiger partial charge >= 0.3 is 6.09 Å². The van der Waals surface area contributed by atoms with Gasteiger partial charge in [-0.2, -0.15) is 0 Å². The molecule has 0 aliphatic carbocycles. The highest BCUT2D eigenvalue weighted by atomic mass is 16.6. The molecule has 0 aromatic rings. The van der Waals surface area contributed by atoms with Gasteiger partial charge in [0.2, 0.25) is 0 Å². The number of ether oxygens (including phenoxy) is 1. The number of carbonyl (C=O) groups excluding carboxylic acids is 1. The Morgan fingerprint density at radius 3 is 1.90 bits per heavy atom. The first-order valence-corrected chi connectivity index (χ1v) is 8.48.